The van der Waals surface area contributed by atoms with Gasteiger partial charge in [-0.25, -0.2) is 4.39 Å². The van der Waals surface area contributed by atoms with Crippen LogP contribution in [0.15, 0.2) is 53.7 Å². The highest BCUT2D eigenvalue weighted by Gasteiger charge is 2.13. The molecule has 0 aliphatic heterocycles. The van der Waals surface area contributed by atoms with E-state index in [9.17, 15) is 9.18 Å². The molecular weight excluding hydrogens is 391 g/mol. The number of ether oxygens (including phenoxy) is 1. The molecule has 3 aromatic rings. The van der Waals surface area contributed by atoms with E-state index in [1.165, 1.54) is 36.0 Å². The number of anilines is 1. The summed E-state index contributed by atoms with van der Waals surface area (Å²) in [6.07, 6.45) is 0. The summed E-state index contributed by atoms with van der Waals surface area (Å²) in [4.78, 5) is 12.1. The van der Waals surface area contributed by atoms with Gasteiger partial charge in [0.2, 0.25) is 5.91 Å². The quantitative estimate of drug-likeness (QED) is 0.554. The lowest BCUT2D eigenvalue weighted by Crippen LogP contribution is -2.14. The summed E-state index contributed by atoms with van der Waals surface area (Å²) in [5.74, 6) is 1.62. The van der Waals surface area contributed by atoms with E-state index in [4.69, 9.17) is 4.74 Å². The summed E-state index contributed by atoms with van der Waals surface area (Å²) in [6, 6.07) is 13.4. The van der Waals surface area contributed by atoms with Crippen molar-refractivity contribution >= 4 is 23.4 Å². The van der Waals surface area contributed by atoms with Gasteiger partial charge in [0.15, 0.2) is 11.0 Å². The second kappa shape index (κ2) is 9.56. The molecule has 0 bridgehead atoms. The molecule has 6 nitrogen and oxygen atoms in total. The van der Waals surface area contributed by atoms with Gasteiger partial charge in [0.25, 0.3) is 0 Å². The zero-order valence-corrected chi connectivity index (χ0v) is 17.4. The molecule has 2 aromatic carbocycles. The normalized spacial score (nSPS) is 10.9. The molecule has 1 aromatic heterocycles. The number of nitrogens with one attached hydrogen (secondary N) is 1. The summed E-state index contributed by atoms with van der Waals surface area (Å²) in [7, 11) is 1.86. The van der Waals surface area contributed by atoms with E-state index in [1.54, 1.807) is 0 Å². The first-order chi connectivity index (χ1) is 13.9. The molecule has 0 saturated heterocycles. The third-order valence-corrected chi connectivity index (χ3v) is 5.01. The maximum atomic E-state index is 12.9. The van der Waals surface area contributed by atoms with Gasteiger partial charge in [-0.15, -0.1) is 10.2 Å². The molecule has 0 atom stereocenters. The molecule has 0 saturated carbocycles. The van der Waals surface area contributed by atoms with Crippen molar-refractivity contribution < 1.29 is 13.9 Å². The van der Waals surface area contributed by atoms with Crippen LogP contribution in [-0.4, -0.2) is 33.0 Å². The van der Waals surface area contributed by atoms with Gasteiger partial charge in [0, 0.05) is 18.3 Å². The Hall–Kier alpha value is -2.87. The maximum absolute atomic E-state index is 12.9. The number of halogens is 1. The van der Waals surface area contributed by atoms with Crippen molar-refractivity contribution in [2.45, 2.75) is 19.0 Å². The van der Waals surface area contributed by atoms with Crippen LogP contribution in [0.4, 0.5) is 10.1 Å². The number of aromatic nitrogens is 3. The van der Waals surface area contributed by atoms with Crippen LogP contribution in [0.2, 0.25) is 0 Å². The summed E-state index contributed by atoms with van der Waals surface area (Å²) in [5, 5.41) is 11.8. The highest BCUT2D eigenvalue weighted by atomic mass is 32.2. The molecular formula is C21H23FN4O2S. The highest BCUT2D eigenvalue weighted by Crippen LogP contribution is 2.25. The van der Waals surface area contributed by atoms with Gasteiger partial charge in [-0.3, -0.25) is 4.79 Å². The second-order valence-electron chi connectivity index (χ2n) is 6.94. The summed E-state index contributed by atoms with van der Waals surface area (Å²) in [5.41, 5.74) is 1.47. The van der Waals surface area contributed by atoms with E-state index < -0.39 is 0 Å². The Bertz CT molecular complexity index is 956. The Labute approximate surface area is 173 Å². The largest absolute Gasteiger partial charge is 0.493 e. The third kappa shape index (κ3) is 5.80. The van der Waals surface area contributed by atoms with Gasteiger partial charge in [-0.1, -0.05) is 25.6 Å². The summed E-state index contributed by atoms with van der Waals surface area (Å²) < 4.78 is 20.5. The smallest absolute Gasteiger partial charge is 0.234 e. The lowest BCUT2D eigenvalue weighted by atomic mass is 10.2. The van der Waals surface area contributed by atoms with Crippen LogP contribution in [-0.2, 0) is 11.8 Å². The van der Waals surface area contributed by atoms with Crippen LogP contribution < -0.4 is 10.1 Å². The van der Waals surface area contributed by atoms with Crippen LogP contribution in [0.1, 0.15) is 13.8 Å². The lowest BCUT2D eigenvalue weighted by Gasteiger charge is -2.09. The van der Waals surface area contributed by atoms with Crippen LogP contribution in [0, 0.1) is 11.7 Å². The van der Waals surface area contributed by atoms with Crippen LogP contribution in [0.5, 0.6) is 5.75 Å². The average Bonchev–Trinajstić information content (AvgIpc) is 3.07. The highest BCUT2D eigenvalue weighted by molar-refractivity contribution is 7.99. The van der Waals surface area contributed by atoms with Crippen LogP contribution in [0.3, 0.4) is 0 Å². The Morgan fingerprint density at radius 2 is 1.83 bits per heavy atom. The number of amides is 1. The van der Waals surface area contributed by atoms with E-state index in [-0.39, 0.29) is 17.5 Å². The van der Waals surface area contributed by atoms with E-state index in [1.807, 2.05) is 35.9 Å². The fourth-order valence-corrected chi connectivity index (χ4v) is 3.23. The van der Waals surface area contributed by atoms with Crippen molar-refractivity contribution in [2.75, 3.05) is 17.7 Å². The zero-order chi connectivity index (χ0) is 20.8. The molecule has 1 amide bonds. The minimum atomic E-state index is -0.344. The van der Waals surface area contributed by atoms with Crippen molar-refractivity contribution in [3.63, 3.8) is 0 Å². The van der Waals surface area contributed by atoms with Gasteiger partial charge >= 0.3 is 0 Å². The van der Waals surface area contributed by atoms with Crippen molar-refractivity contribution in [1.82, 2.24) is 14.8 Å². The minimum absolute atomic E-state index is 0.172. The fraction of sp³-hybridized carbons (Fsp3) is 0.286. The number of hydrogen-bond donors (Lipinski definition) is 1. The summed E-state index contributed by atoms with van der Waals surface area (Å²) >= 11 is 1.29. The molecule has 1 N–H and O–H groups in total. The Balaban J connectivity index is 1.58. The van der Waals surface area contributed by atoms with E-state index in [2.05, 4.69) is 29.4 Å². The van der Waals surface area contributed by atoms with E-state index in [0.717, 1.165) is 11.3 Å². The van der Waals surface area contributed by atoms with Gasteiger partial charge in [0.05, 0.1) is 12.4 Å². The Morgan fingerprint density at radius 3 is 2.48 bits per heavy atom. The Kier molecular flexibility index (Phi) is 6.87. The van der Waals surface area contributed by atoms with Crippen LogP contribution in [0.25, 0.3) is 11.4 Å². The molecule has 1 heterocycles. The standard InChI is InChI=1S/C21H23FN4O2S/c1-14(2)12-28-18-10-4-15(5-11-18)20-24-25-21(26(20)3)29-13-19(27)23-17-8-6-16(22)7-9-17/h4-11,14H,12-13H2,1-3H3,(H,23,27). The predicted octanol–water partition coefficient (Wildman–Crippen LogP) is 4.39. The van der Waals surface area contributed by atoms with E-state index >= 15 is 0 Å². The summed E-state index contributed by atoms with van der Waals surface area (Å²) in [6.45, 7) is 4.88. The first-order valence-electron chi connectivity index (χ1n) is 9.23. The molecule has 0 aliphatic carbocycles. The van der Waals surface area contributed by atoms with Gasteiger partial charge in [0.1, 0.15) is 11.6 Å². The number of thioether (sulfide) groups is 1. The zero-order valence-electron chi connectivity index (χ0n) is 16.6. The van der Waals surface area contributed by atoms with Crippen molar-refractivity contribution in [2.24, 2.45) is 13.0 Å². The molecule has 0 fully saturated rings. The topological polar surface area (TPSA) is 69.0 Å². The fourth-order valence-electron chi connectivity index (χ4n) is 2.52. The molecule has 0 aliphatic rings. The number of nitrogens with zero attached hydrogens (tertiary/aromatic N) is 3. The SMILES string of the molecule is CC(C)COc1ccc(-c2nnc(SCC(=O)Nc3ccc(F)cc3)n2C)cc1. The molecule has 3 rings (SSSR count). The molecule has 29 heavy (non-hydrogen) atoms. The maximum Gasteiger partial charge on any atom is 0.234 e. The van der Waals surface area contributed by atoms with Crippen molar-refractivity contribution in [3.8, 4) is 17.1 Å². The van der Waals surface area contributed by atoms with Gasteiger partial charge in [-0.2, -0.15) is 0 Å². The van der Waals surface area contributed by atoms with E-state index in [0.29, 0.717) is 29.2 Å². The monoisotopic (exact) mass is 414 g/mol. The third-order valence-electron chi connectivity index (χ3n) is 3.99. The molecule has 0 spiro atoms. The number of benzene rings is 2. The number of rotatable bonds is 8. The Morgan fingerprint density at radius 1 is 1.14 bits per heavy atom. The molecule has 0 radical (unpaired) electrons. The molecule has 0 unspecified atom stereocenters. The number of hydrogen-bond acceptors (Lipinski definition) is 5. The first kappa shape index (κ1) is 20.9. The average molecular weight is 415 g/mol. The second-order valence-corrected chi connectivity index (χ2v) is 7.88. The van der Waals surface area contributed by atoms with Gasteiger partial charge < -0.3 is 14.6 Å². The van der Waals surface area contributed by atoms with Crippen molar-refractivity contribution in [3.05, 3.63) is 54.3 Å². The number of carbonyl (C=O) groups excluding carboxylic acids is 1. The number of carbonyl (C=O) groups is 1. The minimum Gasteiger partial charge on any atom is -0.493 e. The van der Waals surface area contributed by atoms with Crippen molar-refractivity contribution in [1.29, 1.82) is 0 Å². The molecule has 8 heteroatoms. The van der Waals surface area contributed by atoms with Crippen LogP contribution >= 0.6 is 11.8 Å². The van der Waals surface area contributed by atoms with Gasteiger partial charge in [-0.05, 0) is 54.4 Å². The lowest BCUT2D eigenvalue weighted by molar-refractivity contribution is -0.113. The first-order valence-corrected chi connectivity index (χ1v) is 10.2. The molecule has 152 valence electrons. The predicted molar refractivity (Wildman–Crippen MR) is 113 cm³/mol.